The number of para-hydroxylation sites is 1. The fraction of sp³-hybridized carbons (Fsp3) is 0.235. The first-order valence-corrected chi connectivity index (χ1v) is 7.03. The summed E-state index contributed by atoms with van der Waals surface area (Å²) >= 11 is 0. The van der Waals surface area contributed by atoms with Crippen molar-refractivity contribution >= 4 is 11.6 Å². The molecule has 108 valence electrons. The number of nitrogens with one attached hydrogen (secondary N) is 1. The van der Waals surface area contributed by atoms with Gasteiger partial charge in [-0.3, -0.25) is 4.79 Å². The van der Waals surface area contributed by atoms with E-state index in [1.54, 1.807) is 23.1 Å². The van der Waals surface area contributed by atoms with Gasteiger partial charge in [0, 0.05) is 17.8 Å². The topological polar surface area (TPSA) is 32.3 Å². The Morgan fingerprint density at radius 2 is 1.90 bits per heavy atom. The predicted octanol–water partition coefficient (Wildman–Crippen LogP) is 2.85. The molecule has 3 rings (SSSR count). The van der Waals surface area contributed by atoms with E-state index >= 15 is 0 Å². The van der Waals surface area contributed by atoms with E-state index in [-0.39, 0.29) is 24.3 Å². The van der Waals surface area contributed by atoms with Gasteiger partial charge in [0.2, 0.25) is 5.91 Å². The Labute approximate surface area is 123 Å². The first-order valence-electron chi connectivity index (χ1n) is 7.03. The highest BCUT2D eigenvalue weighted by molar-refractivity contribution is 5.98. The fourth-order valence-electron chi connectivity index (χ4n) is 2.59. The van der Waals surface area contributed by atoms with Crippen molar-refractivity contribution in [2.75, 3.05) is 4.90 Å². The van der Waals surface area contributed by atoms with Gasteiger partial charge in [0.1, 0.15) is 5.82 Å². The lowest BCUT2D eigenvalue weighted by atomic mass is 10.1. The van der Waals surface area contributed by atoms with Gasteiger partial charge in [-0.25, -0.2) is 4.39 Å². The predicted molar refractivity (Wildman–Crippen MR) is 80.3 cm³/mol. The van der Waals surface area contributed by atoms with Crippen LogP contribution >= 0.6 is 0 Å². The molecule has 1 unspecified atom stereocenters. The van der Waals surface area contributed by atoms with Gasteiger partial charge in [-0.2, -0.15) is 0 Å². The minimum Gasteiger partial charge on any atom is -0.306 e. The number of anilines is 1. The number of rotatable bonds is 2. The zero-order valence-electron chi connectivity index (χ0n) is 11.8. The summed E-state index contributed by atoms with van der Waals surface area (Å²) in [6.07, 6.45) is 0. The van der Waals surface area contributed by atoms with E-state index in [2.05, 4.69) is 5.32 Å². The van der Waals surface area contributed by atoms with Gasteiger partial charge in [-0.15, -0.1) is 0 Å². The molecular weight excluding hydrogens is 267 g/mol. The zero-order chi connectivity index (χ0) is 14.8. The summed E-state index contributed by atoms with van der Waals surface area (Å²) in [5.41, 5.74) is 2.42. The van der Waals surface area contributed by atoms with E-state index in [1.165, 1.54) is 6.07 Å². The van der Waals surface area contributed by atoms with Crippen molar-refractivity contribution in [3.8, 4) is 0 Å². The van der Waals surface area contributed by atoms with Gasteiger partial charge in [0.05, 0.1) is 12.6 Å². The summed E-state index contributed by atoms with van der Waals surface area (Å²) in [7, 11) is 0. The molecule has 0 saturated heterocycles. The number of hydrogen-bond donors (Lipinski definition) is 1. The van der Waals surface area contributed by atoms with Crippen LogP contribution in [0.25, 0.3) is 0 Å². The first-order chi connectivity index (χ1) is 10.2. The van der Waals surface area contributed by atoms with Crippen LogP contribution in [0.2, 0.25) is 0 Å². The zero-order valence-corrected chi connectivity index (χ0v) is 11.8. The maximum atomic E-state index is 13.9. The Morgan fingerprint density at radius 1 is 1.19 bits per heavy atom. The molecule has 0 spiro atoms. The van der Waals surface area contributed by atoms with Crippen molar-refractivity contribution in [1.29, 1.82) is 0 Å². The van der Waals surface area contributed by atoms with Gasteiger partial charge in [-0.05, 0) is 24.6 Å². The molecule has 0 fully saturated rings. The van der Waals surface area contributed by atoms with Crippen LogP contribution in [0.15, 0.2) is 48.5 Å². The molecule has 3 nitrogen and oxygen atoms in total. The number of benzene rings is 2. The lowest BCUT2D eigenvalue weighted by molar-refractivity contribution is -0.120. The summed E-state index contributed by atoms with van der Waals surface area (Å²) in [4.78, 5) is 14.2. The SMILES string of the molecule is CC1NCc2ccccc2N(Cc2ccccc2F)C1=O. The third-order valence-corrected chi connectivity index (χ3v) is 3.80. The largest absolute Gasteiger partial charge is 0.306 e. The molecule has 2 aromatic carbocycles. The smallest absolute Gasteiger partial charge is 0.244 e. The summed E-state index contributed by atoms with van der Waals surface area (Å²) in [5.74, 6) is -0.323. The highest BCUT2D eigenvalue weighted by Gasteiger charge is 2.27. The monoisotopic (exact) mass is 284 g/mol. The van der Waals surface area contributed by atoms with E-state index in [0.717, 1.165) is 11.3 Å². The van der Waals surface area contributed by atoms with Crippen LogP contribution in [-0.2, 0) is 17.9 Å². The van der Waals surface area contributed by atoms with Crippen LogP contribution in [0.1, 0.15) is 18.1 Å². The van der Waals surface area contributed by atoms with Gasteiger partial charge in [0.25, 0.3) is 0 Å². The molecule has 1 amide bonds. The molecule has 0 saturated carbocycles. The lowest BCUT2D eigenvalue weighted by Crippen LogP contribution is -2.42. The highest BCUT2D eigenvalue weighted by Crippen LogP contribution is 2.26. The minimum atomic E-state index is -0.288. The number of fused-ring (bicyclic) bond motifs is 1. The van der Waals surface area contributed by atoms with Crippen LogP contribution in [0, 0.1) is 5.82 Å². The number of carbonyl (C=O) groups excluding carboxylic acids is 1. The molecule has 1 N–H and O–H groups in total. The number of halogens is 1. The second kappa shape index (κ2) is 5.66. The maximum absolute atomic E-state index is 13.9. The quantitative estimate of drug-likeness (QED) is 0.919. The van der Waals surface area contributed by atoms with Crippen LogP contribution in [-0.4, -0.2) is 11.9 Å². The molecule has 0 aromatic heterocycles. The molecular formula is C17H17FN2O. The van der Waals surface area contributed by atoms with E-state index in [4.69, 9.17) is 0 Å². The van der Waals surface area contributed by atoms with Crippen molar-refractivity contribution in [3.05, 3.63) is 65.5 Å². The van der Waals surface area contributed by atoms with E-state index < -0.39 is 0 Å². The molecule has 1 aliphatic rings. The van der Waals surface area contributed by atoms with E-state index in [9.17, 15) is 9.18 Å². The Balaban J connectivity index is 2.01. The summed E-state index contributed by atoms with van der Waals surface area (Å²) in [5, 5.41) is 3.20. The highest BCUT2D eigenvalue weighted by atomic mass is 19.1. The van der Waals surface area contributed by atoms with Crippen molar-refractivity contribution < 1.29 is 9.18 Å². The van der Waals surface area contributed by atoms with Crippen molar-refractivity contribution in [2.45, 2.75) is 26.1 Å². The number of hydrogen-bond acceptors (Lipinski definition) is 2. The van der Waals surface area contributed by atoms with Crippen molar-refractivity contribution in [3.63, 3.8) is 0 Å². The Bertz CT molecular complexity index is 671. The van der Waals surface area contributed by atoms with Crippen molar-refractivity contribution in [2.24, 2.45) is 0 Å². The number of nitrogens with zero attached hydrogens (tertiary/aromatic N) is 1. The molecule has 1 atom stereocenters. The Hall–Kier alpha value is -2.20. The molecule has 21 heavy (non-hydrogen) atoms. The normalized spacial score (nSPS) is 18.3. The second-order valence-electron chi connectivity index (χ2n) is 5.25. The van der Waals surface area contributed by atoms with Crippen LogP contribution < -0.4 is 10.2 Å². The summed E-state index contributed by atoms with van der Waals surface area (Å²) in [6, 6.07) is 14.0. The average Bonchev–Trinajstić information content (AvgIpc) is 2.62. The van der Waals surface area contributed by atoms with Crippen LogP contribution in [0.4, 0.5) is 10.1 Å². The Kier molecular flexibility index (Phi) is 3.71. The summed E-state index contributed by atoms with van der Waals surface area (Å²) < 4.78 is 13.9. The minimum absolute atomic E-state index is 0.0387. The molecule has 0 aliphatic carbocycles. The van der Waals surface area contributed by atoms with Gasteiger partial charge >= 0.3 is 0 Å². The summed E-state index contributed by atoms with van der Waals surface area (Å²) in [6.45, 7) is 2.72. The lowest BCUT2D eigenvalue weighted by Gasteiger charge is -2.24. The van der Waals surface area contributed by atoms with Gasteiger partial charge < -0.3 is 10.2 Å². The van der Waals surface area contributed by atoms with Gasteiger partial charge in [0.15, 0.2) is 0 Å². The average molecular weight is 284 g/mol. The standard InChI is InChI=1S/C17H17FN2O/c1-12-17(21)20(11-14-7-2-4-8-15(14)18)16-9-5-3-6-13(16)10-19-12/h2-9,12,19H,10-11H2,1H3. The molecule has 1 heterocycles. The fourth-order valence-corrected chi connectivity index (χ4v) is 2.59. The molecule has 1 aliphatic heterocycles. The molecule has 2 aromatic rings. The maximum Gasteiger partial charge on any atom is 0.244 e. The number of amides is 1. The second-order valence-corrected chi connectivity index (χ2v) is 5.25. The first kappa shape index (κ1) is 13.8. The van der Waals surface area contributed by atoms with E-state index in [1.807, 2.05) is 31.2 Å². The molecule has 4 heteroatoms. The third kappa shape index (κ3) is 2.67. The van der Waals surface area contributed by atoms with Crippen molar-refractivity contribution in [1.82, 2.24) is 5.32 Å². The van der Waals surface area contributed by atoms with Gasteiger partial charge in [-0.1, -0.05) is 36.4 Å². The third-order valence-electron chi connectivity index (χ3n) is 3.80. The number of carbonyl (C=O) groups is 1. The van der Waals surface area contributed by atoms with Crippen LogP contribution in [0.5, 0.6) is 0 Å². The van der Waals surface area contributed by atoms with Crippen LogP contribution in [0.3, 0.4) is 0 Å². The van der Waals surface area contributed by atoms with E-state index in [0.29, 0.717) is 12.1 Å². The Morgan fingerprint density at radius 3 is 2.71 bits per heavy atom. The molecule has 0 radical (unpaired) electrons. The molecule has 0 bridgehead atoms.